The summed E-state index contributed by atoms with van der Waals surface area (Å²) in [5.41, 5.74) is 2.19. The van der Waals surface area contributed by atoms with Crippen LogP contribution in [0.5, 0.6) is 5.75 Å². The second-order valence-electron chi connectivity index (χ2n) is 12.8. The molecule has 1 N–H and O–H groups in total. The molecule has 2 bridgehead atoms. The number of amides is 2. The number of rotatable bonds is 6. The number of benzene rings is 3. The quantitative estimate of drug-likeness (QED) is 0.283. The van der Waals surface area contributed by atoms with Crippen LogP contribution in [-0.4, -0.2) is 67.7 Å². The van der Waals surface area contributed by atoms with Gasteiger partial charge in [0.05, 0.1) is 29.7 Å². The van der Waals surface area contributed by atoms with E-state index in [0.717, 1.165) is 35.7 Å². The molecular formula is C37H36F3N5O4. The molecule has 0 radical (unpaired) electrons. The van der Waals surface area contributed by atoms with Crippen molar-refractivity contribution in [2.45, 2.75) is 25.1 Å². The SMILES string of the molecule is COc1ccccc1N1CCN(C(=O)c2ccc(N3CC4CC(C3)c3cccc(=O)n3C4)c(NC(=O)c3cccc(C(F)(F)F)c3)c2)CC1. The van der Waals surface area contributed by atoms with E-state index in [4.69, 9.17) is 4.74 Å². The van der Waals surface area contributed by atoms with Crippen LogP contribution in [0.4, 0.5) is 30.2 Å². The first-order valence-electron chi connectivity index (χ1n) is 16.3. The number of piperazine rings is 1. The number of ether oxygens (including phenoxy) is 1. The van der Waals surface area contributed by atoms with Gasteiger partial charge in [-0.15, -0.1) is 0 Å². The molecule has 0 saturated carbocycles. The molecule has 2 unspecified atom stereocenters. The number of piperidine rings is 1. The number of carbonyl (C=O) groups is 2. The number of aromatic nitrogens is 1. The zero-order chi connectivity index (χ0) is 34.3. The van der Waals surface area contributed by atoms with Gasteiger partial charge < -0.3 is 29.3 Å². The first-order valence-corrected chi connectivity index (χ1v) is 16.3. The number of pyridine rings is 1. The minimum absolute atomic E-state index is 0.0266. The summed E-state index contributed by atoms with van der Waals surface area (Å²) in [5.74, 6) is 0.103. The minimum atomic E-state index is -4.60. The molecule has 3 aliphatic heterocycles. The third kappa shape index (κ3) is 6.47. The maximum atomic E-state index is 13.8. The first-order chi connectivity index (χ1) is 23.6. The van der Waals surface area contributed by atoms with E-state index in [-0.39, 0.29) is 28.9 Å². The van der Waals surface area contributed by atoms with E-state index in [1.807, 2.05) is 34.9 Å². The van der Waals surface area contributed by atoms with E-state index in [0.29, 0.717) is 62.8 Å². The monoisotopic (exact) mass is 671 g/mol. The number of halogens is 3. The number of anilines is 3. The van der Waals surface area contributed by atoms with Crippen molar-refractivity contribution >= 4 is 28.9 Å². The molecule has 4 heterocycles. The van der Waals surface area contributed by atoms with Gasteiger partial charge in [0.25, 0.3) is 17.4 Å². The molecule has 254 valence electrons. The number of carbonyl (C=O) groups excluding carboxylic acids is 2. The van der Waals surface area contributed by atoms with Crippen LogP contribution in [0.3, 0.4) is 0 Å². The van der Waals surface area contributed by atoms with E-state index in [2.05, 4.69) is 15.1 Å². The Morgan fingerprint density at radius 1 is 0.796 bits per heavy atom. The summed E-state index contributed by atoms with van der Waals surface area (Å²) in [4.78, 5) is 46.0. The predicted octanol–water partition coefficient (Wildman–Crippen LogP) is 5.71. The second kappa shape index (κ2) is 13.0. The van der Waals surface area contributed by atoms with Crippen molar-refractivity contribution in [1.29, 1.82) is 0 Å². The Kier molecular flexibility index (Phi) is 8.56. The lowest BCUT2D eigenvalue weighted by molar-refractivity contribution is -0.137. The average molecular weight is 672 g/mol. The molecule has 9 nitrogen and oxygen atoms in total. The van der Waals surface area contributed by atoms with E-state index >= 15 is 0 Å². The molecule has 0 spiro atoms. The van der Waals surface area contributed by atoms with Gasteiger partial charge in [0.15, 0.2) is 0 Å². The largest absolute Gasteiger partial charge is 0.495 e. The fourth-order valence-electron chi connectivity index (χ4n) is 7.39. The molecule has 2 fully saturated rings. The summed E-state index contributed by atoms with van der Waals surface area (Å²) in [6.07, 6.45) is -3.68. The van der Waals surface area contributed by atoms with Gasteiger partial charge in [-0.3, -0.25) is 14.4 Å². The molecule has 7 rings (SSSR count). The van der Waals surface area contributed by atoms with Gasteiger partial charge in [0, 0.05) is 74.6 Å². The van der Waals surface area contributed by atoms with Crippen molar-refractivity contribution in [3.8, 4) is 5.75 Å². The van der Waals surface area contributed by atoms with Crippen molar-refractivity contribution < 1.29 is 27.5 Å². The molecule has 12 heteroatoms. The highest BCUT2D eigenvalue weighted by atomic mass is 19.4. The Morgan fingerprint density at radius 2 is 1.57 bits per heavy atom. The summed E-state index contributed by atoms with van der Waals surface area (Å²) >= 11 is 0. The van der Waals surface area contributed by atoms with Crippen LogP contribution >= 0.6 is 0 Å². The molecule has 1 aromatic heterocycles. The van der Waals surface area contributed by atoms with Crippen molar-refractivity contribution in [1.82, 2.24) is 9.47 Å². The standard InChI is InChI=1S/C37H36F3N5O4/c1-49-33-10-3-2-8-32(33)42-14-16-43(17-15-42)36(48)26-12-13-31(29(20-26)41-35(47)25-6-4-7-28(19-25)37(38,39)40)44-21-24-18-27(23-44)30-9-5-11-34(46)45(30)22-24/h2-13,19-20,24,27H,14-18,21-23H2,1H3,(H,41,47). The molecule has 2 saturated heterocycles. The number of alkyl halides is 3. The summed E-state index contributed by atoms with van der Waals surface area (Å²) in [6.45, 7) is 3.91. The number of nitrogens with one attached hydrogen (secondary N) is 1. The Labute approximate surface area is 281 Å². The lowest BCUT2D eigenvalue weighted by atomic mass is 9.83. The highest BCUT2D eigenvalue weighted by Crippen LogP contribution is 2.40. The highest BCUT2D eigenvalue weighted by molar-refractivity contribution is 6.07. The topological polar surface area (TPSA) is 87.1 Å². The van der Waals surface area contributed by atoms with Crippen LogP contribution in [-0.2, 0) is 12.7 Å². The summed E-state index contributed by atoms with van der Waals surface area (Å²) in [5, 5.41) is 2.84. The van der Waals surface area contributed by atoms with E-state index in [1.54, 1.807) is 42.3 Å². The van der Waals surface area contributed by atoms with Gasteiger partial charge in [0.2, 0.25) is 0 Å². The normalized spacial score (nSPS) is 18.9. The van der Waals surface area contributed by atoms with Crippen molar-refractivity contribution in [2.24, 2.45) is 5.92 Å². The first kappa shape index (κ1) is 32.3. The fourth-order valence-corrected chi connectivity index (χ4v) is 7.39. The molecule has 4 aromatic rings. The Bertz CT molecular complexity index is 1950. The summed E-state index contributed by atoms with van der Waals surface area (Å²) in [7, 11) is 1.63. The summed E-state index contributed by atoms with van der Waals surface area (Å²) < 4.78 is 47.8. The van der Waals surface area contributed by atoms with Gasteiger partial charge in [-0.05, 0) is 66.9 Å². The van der Waals surface area contributed by atoms with E-state index in [1.165, 1.54) is 12.1 Å². The molecule has 49 heavy (non-hydrogen) atoms. The van der Waals surface area contributed by atoms with Crippen molar-refractivity contribution in [3.05, 3.63) is 118 Å². The zero-order valence-electron chi connectivity index (χ0n) is 27.0. The third-order valence-electron chi connectivity index (χ3n) is 9.76. The van der Waals surface area contributed by atoms with Gasteiger partial charge in [0.1, 0.15) is 5.75 Å². The van der Waals surface area contributed by atoms with Gasteiger partial charge in [-0.1, -0.05) is 24.3 Å². The molecule has 2 atom stereocenters. The number of methoxy groups -OCH3 is 1. The van der Waals surface area contributed by atoms with Crippen LogP contribution in [0.25, 0.3) is 0 Å². The lowest BCUT2D eigenvalue weighted by Gasteiger charge is -2.44. The number of hydrogen-bond donors (Lipinski definition) is 1. The number of nitrogens with zero attached hydrogens (tertiary/aromatic N) is 4. The number of hydrogen-bond acceptors (Lipinski definition) is 6. The van der Waals surface area contributed by atoms with Crippen LogP contribution in [0.15, 0.2) is 89.7 Å². The van der Waals surface area contributed by atoms with Crippen molar-refractivity contribution in [2.75, 3.05) is 61.5 Å². The predicted molar refractivity (Wildman–Crippen MR) is 181 cm³/mol. The maximum absolute atomic E-state index is 13.8. The molecule has 2 amide bonds. The fraction of sp³-hybridized carbons (Fsp3) is 0.324. The molecule has 3 aliphatic rings. The lowest BCUT2D eigenvalue weighted by Crippen LogP contribution is -2.49. The maximum Gasteiger partial charge on any atom is 0.416 e. The third-order valence-corrected chi connectivity index (χ3v) is 9.76. The number of fused-ring (bicyclic) bond motifs is 4. The Morgan fingerprint density at radius 3 is 2.35 bits per heavy atom. The van der Waals surface area contributed by atoms with Crippen molar-refractivity contribution in [3.63, 3.8) is 0 Å². The van der Waals surface area contributed by atoms with Crippen LogP contribution in [0.2, 0.25) is 0 Å². The second-order valence-corrected chi connectivity index (χ2v) is 12.8. The smallest absolute Gasteiger partial charge is 0.416 e. The Hall–Kier alpha value is -5.26. The zero-order valence-corrected chi connectivity index (χ0v) is 27.0. The minimum Gasteiger partial charge on any atom is -0.495 e. The Balaban J connectivity index is 1.16. The highest BCUT2D eigenvalue weighted by Gasteiger charge is 2.36. The molecular weight excluding hydrogens is 635 g/mol. The number of para-hydroxylation sites is 2. The van der Waals surface area contributed by atoms with Crippen LogP contribution in [0, 0.1) is 5.92 Å². The summed E-state index contributed by atoms with van der Waals surface area (Å²) in [6, 6.07) is 22.5. The molecule has 3 aromatic carbocycles. The van der Waals surface area contributed by atoms with Crippen LogP contribution in [0.1, 0.15) is 44.3 Å². The van der Waals surface area contributed by atoms with Gasteiger partial charge in [-0.2, -0.15) is 13.2 Å². The van der Waals surface area contributed by atoms with Gasteiger partial charge >= 0.3 is 6.18 Å². The van der Waals surface area contributed by atoms with Gasteiger partial charge in [-0.25, -0.2) is 0 Å². The van der Waals surface area contributed by atoms with Crippen LogP contribution < -0.4 is 25.4 Å². The van der Waals surface area contributed by atoms with E-state index in [9.17, 15) is 27.6 Å². The van der Waals surface area contributed by atoms with E-state index < -0.39 is 17.6 Å². The molecule has 0 aliphatic carbocycles. The average Bonchev–Trinajstić information content (AvgIpc) is 3.11.